The van der Waals surface area contributed by atoms with Gasteiger partial charge in [0, 0.05) is 68.0 Å². The summed E-state index contributed by atoms with van der Waals surface area (Å²) in [6, 6.07) is 35.7. The highest BCUT2D eigenvalue weighted by molar-refractivity contribution is 5.99. The lowest BCUT2D eigenvalue weighted by Crippen LogP contribution is -2.32. The van der Waals surface area contributed by atoms with E-state index in [0.717, 1.165) is 50.4 Å². The van der Waals surface area contributed by atoms with Crippen molar-refractivity contribution in [3.8, 4) is 11.1 Å². The van der Waals surface area contributed by atoms with E-state index in [2.05, 4.69) is 113 Å². The summed E-state index contributed by atoms with van der Waals surface area (Å²) in [5.74, 6) is -0.321. The van der Waals surface area contributed by atoms with Gasteiger partial charge in [-0.1, -0.05) is 60.7 Å². The van der Waals surface area contributed by atoms with Crippen molar-refractivity contribution in [2.45, 2.75) is 12.5 Å². The Hall–Kier alpha value is -5.03. The molecule has 5 heteroatoms. The summed E-state index contributed by atoms with van der Waals surface area (Å²) in [5, 5.41) is 2.35. The van der Waals surface area contributed by atoms with Crippen LogP contribution in [0.2, 0.25) is 0 Å². The first-order valence-electron chi connectivity index (χ1n) is 14.2. The largest absolute Gasteiger partial charge is 0.439 e. The number of carbonyl (C=O) groups excluding carboxylic acids is 1. The molecule has 1 aliphatic heterocycles. The van der Waals surface area contributed by atoms with Crippen LogP contribution >= 0.6 is 0 Å². The molecule has 0 amide bonds. The van der Waals surface area contributed by atoms with Gasteiger partial charge in [-0.15, -0.1) is 0 Å². The summed E-state index contributed by atoms with van der Waals surface area (Å²) < 4.78 is 8.92. The van der Waals surface area contributed by atoms with Crippen LogP contribution < -0.4 is 9.80 Å². The molecule has 3 heterocycles. The Morgan fingerprint density at radius 2 is 1.40 bits per heavy atom. The van der Waals surface area contributed by atoms with Crippen molar-refractivity contribution in [2.75, 3.05) is 38.0 Å². The van der Waals surface area contributed by atoms with Crippen LogP contribution in [0.15, 0.2) is 109 Å². The third-order valence-corrected chi connectivity index (χ3v) is 8.62. The van der Waals surface area contributed by atoms with Crippen molar-refractivity contribution >= 4 is 33.6 Å². The predicted octanol–water partition coefficient (Wildman–Crippen LogP) is 7.66. The molecule has 6 aromatic rings. The Bertz CT molecular complexity index is 2000. The van der Waals surface area contributed by atoms with E-state index in [1.807, 2.05) is 45.2 Å². The number of pyridine rings is 1. The van der Waals surface area contributed by atoms with Crippen LogP contribution in [0.25, 0.3) is 27.4 Å². The van der Waals surface area contributed by atoms with E-state index < -0.39 is 5.60 Å². The molecule has 1 atom stereocenters. The molecule has 7 rings (SSSR count). The van der Waals surface area contributed by atoms with Crippen LogP contribution in [0, 0.1) is 6.92 Å². The maximum Gasteiger partial charge on any atom is 0.340 e. The monoisotopic (exact) mass is 551 g/mol. The highest BCUT2D eigenvalue weighted by Crippen LogP contribution is 2.52. The molecule has 0 bridgehead atoms. The number of ether oxygens (including phenoxy) is 1. The lowest BCUT2D eigenvalue weighted by molar-refractivity contribution is 0.0238. The van der Waals surface area contributed by atoms with Crippen molar-refractivity contribution < 1.29 is 9.53 Å². The molecule has 1 aliphatic rings. The fraction of sp³-hybridized carbons (Fsp3) is 0.162. The number of benzene rings is 4. The van der Waals surface area contributed by atoms with E-state index in [1.54, 1.807) is 0 Å². The van der Waals surface area contributed by atoms with Crippen molar-refractivity contribution in [2.24, 2.45) is 0 Å². The number of carbonyl (C=O) groups is 1. The molecule has 0 fully saturated rings. The van der Waals surface area contributed by atoms with Gasteiger partial charge in [0.25, 0.3) is 0 Å². The van der Waals surface area contributed by atoms with Gasteiger partial charge in [-0.05, 0) is 71.3 Å². The number of cyclic esters (lactones) is 1. The Morgan fingerprint density at radius 1 is 0.714 bits per heavy atom. The normalized spacial score (nSPS) is 16.1. The van der Waals surface area contributed by atoms with Crippen molar-refractivity contribution in [1.82, 2.24) is 4.40 Å². The molecule has 0 saturated carbocycles. The average molecular weight is 552 g/mol. The smallest absolute Gasteiger partial charge is 0.340 e. The van der Waals surface area contributed by atoms with E-state index in [-0.39, 0.29) is 5.97 Å². The first-order chi connectivity index (χ1) is 20.3. The zero-order valence-corrected chi connectivity index (χ0v) is 24.6. The molecule has 4 aromatic carbocycles. The van der Waals surface area contributed by atoms with E-state index in [0.29, 0.717) is 5.56 Å². The lowest BCUT2D eigenvalue weighted by Gasteiger charge is -2.32. The average Bonchev–Trinajstić information content (AvgIpc) is 3.48. The molecule has 2 aromatic heterocycles. The van der Waals surface area contributed by atoms with Gasteiger partial charge < -0.3 is 18.9 Å². The highest BCUT2D eigenvalue weighted by atomic mass is 16.6. The molecule has 1 unspecified atom stereocenters. The van der Waals surface area contributed by atoms with Crippen molar-refractivity contribution in [3.63, 3.8) is 0 Å². The molecular weight excluding hydrogens is 518 g/mol. The van der Waals surface area contributed by atoms with E-state index in [1.165, 1.54) is 10.8 Å². The summed E-state index contributed by atoms with van der Waals surface area (Å²) in [7, 11) is 8.02. The number of anilines is 2. The maximum atomic E-state index is 13.9. The Labute approximate surface area is 246 Å². The Kier molecular flexibility index (Phi) is 5.87. The number of hydrogen-bond acceptors (Lipinski definition) is 4. The van der Waals surface area contributed by atoms with Gasteiger partial charge in [0.2, 0.25) is 5.60 Å². The summed E-state index contributed by atoms with van der Waals surface area (Å²) >= 11 is 0. The minimum absolute atomic E-state index is 0.321. The molecule has 0 radical (unpaired) electrons. The number of aromatic nitrogens is 1. The highest BCUT2D eigenvalue weighted by Gasteiger charge is 2.52. The summed E-state index contributed by atoms with van der Waals surface area (Å²) in [6.45, 7) is 2.17. The third-order valence-electron chi connectivity index (χ3n) is 8.62. The molecular formula is C37H33N3O2. The quantitative estimate of drug-likeness (QED) is 0.206. The second-order valence-corrected chi connectivity index (χ2v) is 11.5. The van der Waals surface area contributed by atoms with E-state index in [9.17, 15) is 4.79 Å². The SMILES string of the molecule is Cc1c(-c2ccc3ccccc3c2)c(C2(c3ccc(N(C)C)cc3)OC(=O)c3cc(N(C)C)ccc32)n2ccccc12. The van der Waals surface area contributed by atoms with E-state index in [4.69, 9.17) is 4.74 Å². The number of fused-ring (bicyclic) bond motifs is 3. The first kappa shape index (κ1) is 25.9. The van der Waals surface area contributed by atoms with Crippen molar-refractivity contribution in [1.29, 1.82) is 0 Å². The van der Waals surface area contributed by atoms with Gasteiger partial charge in [-0.3, -0.25) is 0 Å². The summed E-state index contributed by atoms with van der Waals surface area (Å²) in [4.78, 5) is 18.0. The minimum atomic E-state index is -1.17. The zero-order valence-electron chi connectivity index (χ0n) is 24.6. The summed E-state index contributed by atoms with van der Waals surface area (Å²) in [6.07, 6.45) is 2.08. The zero-order chi connectivity index (χ0) is 29.2. The first-order valence-corrected chi connectivity index (χ1v) is 14.2. The van der Waals surface area contributed by atoms with Gasteiger partial charge in [0.15, 0.2) is 0 Å². The fourth-order valence-corrected chi connectivity index (χ4v) is 6.47. The van der Waals surface area contributed by atoms with Gasteiger partial charge in [-0.25, -0.2) is 4.79 Å². The van der Waals surface area contributed by atoms with Crippen LogP contribution in [0.4, 0.5) is 11.4 Å². The van der Waals surface area contributed by atoms with Crippen molar-refractivity contribution in [3.05, 3.63) is 137 Å². The number of aryl methyl sites for hydroxylation is 1. The van der Waals surface area contributed by atoms with Gasteiger partial charge in [0.05, 0.1) is 11.3 Å². The summed E-state index contributed by atoms with van der Waals surface area (Å²) in [5.41, 5.74) is 8.51. The number of rotatable bonds is 5. The topological polar surface area (TPSA) is 37.2 Å². The second-order valence-electron chi connectivity index (χ2n) is 11.5. The van der Waals surface area contributed by atoms with Crippen LogP contribution in [0.5, 0.6) is 0 Å². The van der Waals surface area contributed by atoms with Gasteiger partial charge >= 0.3 is 5.97 Å². The minimum Gasteiger partial charge on any atom is -0.439 e. The molecule has 42 heavy (non-hydrogen) atoms. The lowest BCUT2D eigenvalue weighted by atomic mass is 9.79. The third kappa shape index (κ3) is 3.73. The number of nitrogens with zero attached hydrogens (tertiary/aromatic N) is 3. The Morgan fingerprint density at radius 3 is 2.14 bits per heavy atom. The number of hydrogen-bond donors (Lipinski definition) is 0. The standard InChI is InChI=1S/C37H33N3O2/c1-24-33-12-8-9-21-40(33)35(34(24)27-14-13-25-10-6-7-11-26(25)22-27)37(28-15-17-29(18-16-28)38(2)3)32-20-19-30(39(4)5)23-31(32)36(41)42-37/h6-23H,1-5H3. The van der Waals surface area contributed by atoms with Crippen LogP contribution in [0.1, 0.15) is 32.7 Å². The predicted molar refractivity (Wildman–Crippen MR) is 172 cm³/mol. The van der Waals surface area contributed by atoms with E-state index >= 15 is 0 Å². The Balaban J connectivity index is 1.61. The fourth-order valence-electron chi connectivity index (χ4n) is 6.47. The van der Waals surface area contributed by atoms with Gasteiger partial charge in [-0.2, -0.15) is 0 Å². The number of esters is 1. The molecule has 0 spiro atoms. The van der Waals surface area contributed by atoms with Crippen LogP contribution in [0.3, 0.4) is 0 Å². The van der Waals surface area contributed by atoms with Gasteiger partial charge in [0.1, 0.15) is 0 Å². The molecule has 208 valence electrons. The molecule has 0 N–H and O–H groups in total. The van der Waals surface area contributed by atoms with Crippen LogP contribution in [-0.4, -0.2) is 38.6 Å². The molecule has 5 nitrogen and oxygen atoms in total. The maximum absolute atomic E-state index is 13.9. The molecule has 0 aliphatic carbocycles. The molecule has 0 saturated heterocycles. The van der Waals surface area contributed by atoms with Crippen LogP contribution in [-0.2, 0) is 10.3 Å². The second kappa shape index (κ2) is 9.52.